The molecule has 0 aliphatic rings. The second-order valence-electron chi connectivity index (χ2n) is 5.55. The van der Waals surface area contributed by atoms with E-state index >= 15 is 0 Å². The minimum absolute atomic E-state index is 0.162. The first kappa shape index (κ1) is 16.4. The maximum Gasteiger partial charge on any atom is 0.257 e. The molecular weight excluding hydrogens is 320 g/mol. The van der Waals surface area contributed by atoms with Crippen molar-refractivity contribution < 1.29 is 4.79 Å². The van der Waals surface area contributed by atoms with E-state index in [1.807, 2.05) is 53.4 Å². The highest BCUT2D eigenvalue weighted by atomic mass is 32.1. The van der Waals surface area contributed by atoms with Gasteiger partial charge in [0.15, 0.2) is 0 Å². The zero-order chi connectivity index (χ0) is 16.8. The van der Waals surface area contributed by atoms with Crippen molar-refractivity contribution in [1.29, 1.82) is 0 Å². The molecule has 0 aliphatic carbocycles. The highest BCUT2D eigenvalue weighted by molar-refractivity contribution is 7.15. The van der Waals surface area contributed by atoms with Gasteiger partial charge >= 0.3 is 0 Å². The van der Waals surface area contributed by atoms with E-state index in [-0.39, 0.29) is 5.91 Å². The summed E-state index contributed by atoms with van der Waals surface area (Å²) in [5, 5.41) is 12.5. The lowest BCUT2D eigenvalue weighted by Crippen LogP contribution is -2.11. The molecule has 124 valence electrons. The number of amides is 1. The van der Waals surface area contributed by atoms with Gasteiger partial charge in [0, 0.05) is 30.1 Å². The lowest BCUT2D eigenvalue weighted by molar-refractivity contribution is 0.102. The Hall–Kier alpha value is -2.47. The molecule has 0 spiro atoms. The van der Waals surface area contributed by atoms with Gasteiger partial charge in [-0.1, -0.05) is 31.1 Å². The van der Waals surface area contributed by atoms with Crippen molar-refractivity contribution in [3.63, 3.8) is 0 Å². The predicted molar refractivity (Wildman–Crippen MR) is 96.9 cm³/mol. The van der Waals surface area contributed by atoms with Crippen LogP contribution in [0.3, 0.4) is 0 Å². The van der Waals surface area contributed by atoms with Crippen LogP contribution in [0.15, 0.2) is 48.8 Å². The highest BCUT2D eigenvalue weighted by Gasteiger charge is 2.10. The normalized spacial score (nSPS) is 10.7. The smallest absolute Gasteiger partial charge is 0.257 e. The second-order valence-corrected chi connectivity index (χ2v) is 6.61. The molecule has 0 bridgehead atoms. The van der Waals surface area contributed by atoms with E-state index in [4.69, 9.17) is 0 Å². The maximum atomic E-state index is 12.3. The fourth-order valence-electron chi connectivity index (χ4n) is 2.39. The Morgan fingerprint density at radius 1 is 1.12 bits per heavy atom. The predicted octanol–water partition coefficient (Wildman–Crippen LogP) is 4.31. The molecule has 0 radical (unpaired) electrons. The summed E-state index contributed by atoms with van der Waals surface area (Å²) in [5.41, 5.74) is 1.62. The first-order chi connectivity index (χ1) is 11.8. The van der Waals surface area contributed by atoms with Gasteiger partial charge in [-0.25, -0.2) is 0 Å². The average molecular weight is 340 g/mol. The molecule has 2 heterocycles. The molecule has 1 aromatic carbocycles. The van der Waals surface area contributed by atoms with Crippen LogP contribution in [0.5, 0.6) is 0 Å². The Balaban J connectivity index is 1.60. The number of hydrogen-bond donors (Lipinski definition) is 1. The minimum atomic E-state index is -0.162. The van der Waals surface area contributed by atoms with E-state index in [0.29, 0.717) is 10.7 Å². The molecule has 0 fully saturated rings. The average Bonchev–Trinajstić information content (AvgIpc) is 3.27. The number of rotatable bonds is 7. The third-order valence-electron chi connectivity index (χ3n) is 3.71. The molecule has 6 heteroatoms. The van der Waals surface area contributed by atoms with Gasteiger partial charge in [0.25, 0.3) is 5.91 Å². The number of hydrogen-bond acceptors (Lipinski definition) is 4. The number of aromatic nitrogens is 3. The SMILES string of the molecule is CCCCCc1nnc(NC(=O)c2ccc(-n3cccc3)cc2)s1. The van der Waals surface area contributed by atoms with Gasteiger partial charge < -0.3 is 4.57 Å². The van der Waals surface area contributed by atoms with Crippen LogP contribution >= 0.6 is 11.3 Å². The van der Waals surface area contributed by atoms with E-state index in [2.05, 4.69) is 22.4 Å². The fraction of sp³-hybridized carbons (Fsp3) is 0.278. The Labute approximate surface area is 145 Å². The number of benzene rings is 1. The van der Waals surface area contributed by atoms with E-state index in [0.717, 1.165) is 23.5 Å². The van der Waals surface area contributed by atoms with Crippen molar-refractivity contribution in [3.8, 4) is 5.69 Å². The van der Waals surface area contributed by atoms with Crippen molar-refractivity contribution in [2.45, 2.75) is 32.6 Å². The van der Waals surface area contributed by atoms with Gasteiger partial charge in [0.1, 0.15) is 5.01 Å². The molecule has 0 atom stereocenters. The van der Waals surface area contributed by atoms with Crippen molar-refractivity contribution in [2.24, 2.45) is 0 Å². The van der Waals surface area contributed by atoms with Crippen molar-refractivity contribution >= 4 is 22.4 Å². The third kappa shape index (κ3) is 4.08. The minimum Gasteiger partial charge on any atom is -0.324 e. The van der Waals surface area contributed by atoms with Crippen LogP contribution in [0.4, 0.5) is 5.13 Å². The first-order valence-electron chi connectivity index (χ1n) is 8.13. The molecular formula is C18H20N4OS. The monoisotopic (exact) mass is 340 g/mol. The van der Waals surface area contributed by atoms with Gasteiger partial charge in [-0.15, -0.1) is 10.2 Å². The lowest BCUT2D eigenvalue weighted by atomic mass is 10.2. The van der Waals surface area contributed by atoms with Crippen LogP contribution in [-0.4, -0.2) is 20.7 Å². The van der Waals surface area contributed by atoms with Gasteiger partial charge in [-0.05, 0) is 42.8 Å². The number of carbonyl (C=O) groups excluding carboxylic acids is 1. The van der Waals surface area contributed by atoms with Gasteiger partial charge in [-0.3, -0.25) is 10.1 Å². The maximum absolute atomic E-state index is 12.3. The molecule has 0 saturated carbocycles. The van der Waals surface area contributed by atoms with Crippen molar-refractivity contribution in [1.82, 2.24) is 14.8 Å². The summed E-state index contributed by atoms with van der Waals surface area (Å²) in [5.74, 6) is -0.162. The second kappa shape index (κ2) is 7.88. The van der Waals surface area contributed by atoms with Gasteiger partial charge in [0.05, 0.1) is 0 Å². The number of anilines is 1. The molecule has 3 rings (SSSR count). The topological polar surface area (TPSA) is 59.8 Å². The summed E-state index contributed by atoms with van der Waals surface area (Å²) in [6.07, 6.45) is 8.34. The van der Waals surface area contributed by atoms with Crippen LogP contribution in [0, 0.1) is 0 Å². The Kier molecular flexibility index (Phi) is 5.38. The van der Waals surface area contributed by atoms with Gasteiger partial charge in [-0.2, -0.15) is 0 Å². The first-order valence-corrected chi connectivity index (χ1v) is 8.95. The summed E-state index contributed by atoms with van der Waals surface area (Å²) >= 11 is 1.45. The quantitative estimate of drug-likeness (QED) is 0.652. The molecule has 24 heavy (non-hydrogen) atoms. The van der Waals surface area contributed by atoms with Crippen molar-refractivity contribution in [2.75, 3.05) is 5.32 Å². The lowest BCUT2D eigenvalue weighted by Gasteiger charge is -2.05. The van der Waals surface area contributed by atoms with Crippen LogP contribution in [0.25, 0.3) is 5.69 Å². The fourth-order valence-corrected chi connectivity index (χ4v) is 3.17. The number of aryl methyl sites for hydroxylation is 1. The standard InChI is InChI=1S/C18H20N4OS/c1-2-3-4-7-16-20-21-18(24-16)19-17(23)14-8-10-15(11-9-14)22-12-5-6-13-22/h5-6,8-13H,2-4,7H2,1H3,(H,19,21,23). The zero-order valence-electron chi connectivity index (χ0n) is 13.6. The molecule has 1 N–H and O–H groups in total. The number of nitrogens with zero attached hydrogens (tertiary/aromatic N) is 3. The van der Waals surface area contributed by atoms with Crippen LogP contribution < -0.4 is 5.32 Å². The number of unbranched alkanes of at least 4 members (excludes halogenated alkanes) is 2. The molecule has 0 saturated heterocycles. The summed E-state index contributed by atoms with van der Waals surface area (Å²) in [4.78, 5) is 12.3. The summed E-state index contributed by atoms with van der Waals surface area (Å²) < 4.78 is 2.00. The third-order valence-corrected chi connectivity index (χ3v) is 4.61. The van der Waals surface area contributed by atoms with E-state index in [1.54, 1.807) is 0 Å². The number of carbonyl (C=O) groups is 1. The molecule has 0 aliphatic heterocycles. The van der Waals surface area contributed by atoms with Crippen molar-refractivity contribution in [3.05, 3.63) is 59.4 Å². The Morgan fingerprint density at radius 2 is 1.88 bits per heavy atom. The van der Waals surface area contributed by atoms with E-state index < -0.39 is 0 Å². The molecule has 1 amide bonds. The summed E-state index contributed by atoms with van der Waals surface area (Å²) in [6.45, 7) is 2.17. The zero-order valence-corrected chi connectivity index (χ0v) is 14.4. The van der Waals surface area contributed by atoms with Crippen LogP contribution in [0.1, 0.15) is 41.6 Å². The molecule has 0 unspecified atom stereocenters. The molecule has 5 nitrogen and oxygen atoms in total. The van der Waals surface area contributed by atoms with Crippen LogP contribution in [-0.2, 0) is 6.42 Å². The van der Waals surface area contributed by atoms with Crippen LogP contribution in [0.2, 0.25) is 0 Å². The highest BCUT2D eigenvalue weighted by Crippen LogP contribution is 2.19. The molecule has 3 aromatic rings. The summed E-state index contributed by atoms with van der Waals surface area (Å²) in [6, 6.07) is 11.4. The summed E-state index contributed by atoms with van der Waals surface area (Å²) in [7, 11) is 0. The van der Waals surface area contributed by atoms with E-state index in [9.17, 15) is 4.79 Å². The largest absolute Gasteiger partial charge is 0.324 e. The molecule has 2 aromatic heterocycles. The Bertz CT molecular complexity index is 778. The van der Waals surface area contributed by atoms with Gasteiger partial charge in [0.2, 0.25) is 5.13 Å². The number of nitrogens with one attached hydrogen (secondary N) is 1. The van der Waals surface area contributed by atoms with E-state index in [1.165, 1.54) is 24.2 Å². The Morgan fingerprint density at radius 3 is 2.58 bits per heavy atom.